The molecule has 0 atom stereocenters. The lowest BCUT2D eigenvalue weighted by Crippen LogP contribution is -2.14. The van der Waals surface area contributed by atoms with E-state index in [1.807, 2.05) is 67.6 Å². The molecule has 0 aliphatic heterocycles. The van der Waals surface area contributed by atoms with Crippen molar-refractivity contribution in [3.63, 3.8) is 0 Å². The van der Waals surface area contributed by atoms with Crippen LogP contribution in [-0.4, -0.2) is 18.0 Å². The summed E-state index contributed by atoms with van der Waals surface area (Å²) in [5.74, 6) is 0.0666. The predicted octanol–water partition coefficient (Wildman–Crippen LogP) is 5.18. The molecular formula is C24H19N3O2. The number of ether oxygens (including phenoxy) is 1. The van der Waals surface area contributed by atoms with Crippen LogP contribution in [0.4, 0.5) is 5.69 Å². The maximum atomic E-state index is 12.7. The highest BCUT2D eigenvalue weighted by Gasteiger charge is 2.13. The second-order valence-corrected chi connectivity index (χ2v) is 6.80. The molecule has 1 heterocycles. The first-order valence-corrected chi connectivity index (χ1v) is 9.17. The third-order valence-corrected chi connectivity index (χ3v) is 4.81. The highest BCUT2D eigenvalue weighted by atomic mass is 16.5. The van der Waals surface area contributed by atoms with Crippen molar-refractivity contribution in [3.8, 4) is 11.8 Å². The van der Waals surface area contributed by atoms with Crippen LogP contribution in [0.25, 0.3) is 27.9 Å². The number of H-pyrrole nitrogens is 1. The number of aromatic nitrogens is 1. The van der Waals surface area contributed by atoms with Crippen LogP contribution < -0.4 is 10.1 Å². The molecule has 0 aliphatic rings. The second kappa shape index (κ2) is 7.53. The highest BCUT2D eigenvalue weighted by Crippen LogP contribution is 2.28. The Labute approximate surface area is 168 Å². The van der Waals surface area contributed by atoms with E-state index in [9.17, 15) is 10.1 Å². The van der Waals surface area contributed by atoms with Gasteiger partial charge in [-0.05, 0) is 54.5 Å². The summed E-state index contributed by atoms with van der Waals surface area (Å²) in [5, 5.41) is 14.5. The SMILES string of the molecule is COc1ccc(C)cc1NC(=O)/C(C#N)=C/c1ccc2[nH]c3ccccc3c2c1. The molecule has 4 rings (SSSR count). The van der Waals surface area contributed by atoms with Gasteiger partial charge in [0.15, 0.2) is 0 Å². The number of amides is 1. The molecule has 0 saturated carbocycles. The normalized spacial score (nSPS) is 11.4. The monoisotopic (exact) mass is 381 g/mol. The number of methoxy groups -OCH3 is 1. The van der Waals surface area contributed by atoms with E-state index in [-0.39, 0.29) is 5.57 Å². The third-order valence-electron chi connectivity index (χ3n) is 4.81. The summed E-state index contributed by atoms with van der Waals surface area (Å²) in [5.41, 5.74) is 4.38. The fraction of sp³-hybridized carbons (Fsp3) is 0.0833. The predicted molar refractivity (Wildman–Crippen MR) is 116 cm³/mol. The quantitative estimate of drug-likeness (QED) is 0.377. The topological polar surface area (TPSA) is 77.9 Å². The van der Waals surface area contributed by atoms with Gasteiger partial charge >= 0.3 is 0 Å². The number of nitriles is 1. The van der Waals surface area contributed by atoms with Crippen LogP contribution in [0.5, 0.6) is 5.75 Å². The number of aromatic amines is 1. The van der Waals surface area contributed by atoms with E-state index in [4.69, 9.17) is 4.74 Å². The molecular weight excluding hydrogens is 362 g/mol. The maximum absolute atomic E-state index is 12.7. The summed E-state index contributed by atoms with van der Waals surface area (Å²) in [7, 11) is 1.54. The smallest absolute Gasteiger partial charge is 0.266 e. The van der Waals surface area contributed by atoms with Crippen molar-refractivity contribution in [1.82, 2.24) is 4.98 Å². The van der Waals surface area contributed by atoms with Crippen LogP contribution in [-0.2, 0) is 4.79 Å². The number of fused-ring (bicyclic) bond motifs is 3. The minimum absolute atomic E-state index is 0.0211. The molecule has 0 aliphatic carbocycles. The van der Waals surface area contributed by atoms with Gasteiger partial charge in [-0.3, -0.25) is 4.79 Å². The van der Waals surface area contributed by atoms with E-state index >= 15 is 0 Å². The van der Waals surface area contributed by atoms with Gasteiger partial charge in [0.25, 0.3) is 5.91 Å². The number of anilines is 1. The van der Waals surface area contributed by atoms with Crippen molar-refractivity contribution < 1.29 is 9.53 Å². The van der Waals surface area contributed by atoms with Gasteiger partial charge in [0.2, 0.25) is 0 Å². The van der Waals surface area contributed by atoms with Crippen molar-refractivity contribution >= 4 is 39.5 Å². The van der Waals surface area contributed by atoms with E-state index < -0.39 is 5.91 Å². The van der Waals surface area contributed by atoms with Crippen molar-refractivity contribution in [2.45, 2.75) is 6.92 Å². The highest BCUT2D eigenvalue weighted by molar-refractivity contribution is 6.11. The minimum atomic E-state index is -0.476. The lowest BCUT2D eigenvalue weighted by molar-refractivity contribution is -0.112. The van der Waals surface area contributed by atoms with Gasteiger partial charge in [-0.1, -0.05) is 30.3 Å². The molecule has 1 amide bonds. The molecule has 1 aromatic heterocycles. The van der Waals surface area contributed by atoms with E-state index in [1.165, 1.54) is 7.11 Å². The summed E-state index contributed by atoms with van der Waals surface area (Å²) in [6.07, 6.45) is 1.60. The van der Waals surface area contributed by atoms with Crippen LogP contribution in [0.15, 0.2) is 66.2 Å². The van der Waals surface area contributed by atoms with Crippen molar-refractivity contribution in [2.75, 3.05) is 12.4 Å². The lowest BCUT2D eigenvalue weighted by atomic mass is 10.1. The van der Waals surface area contributed by atoms with E-state index in [0.29, 0.717) is 11.4 Å². The Balaban J connectivity index is 1.68. The van der Waals surface area contributed by atoms with Crippen LogP contribution in [0, 0.1) is 18.3 Å². The van der Waals surface area contributed by atoms with Gasteiger partial charge in [0, 0.05) is 21.8 Å². The first-order valence-electron chi connectivity index (χ1n) is 9.17. The van der Waals surface area contributed by atoms with E-state index in [2.05, 4.69) is 10.3 Å². The number of aryl methyl sites for hydroxylation is 1. The number of carbonyl (C=O) groups excluding carboxylic acids is 1. The third kappa shape index (κ3) is 3.56. The Morgan fingerprint density at radius 2 is 1.86 bits per heavy atom. The second-order valence-electron chi connectivity index (χ2n) is 6.80. The molecule has 0 bridgehead atoms. The first kappa shape index (κ1) is 18.3. The van der Waals surface area contributed by atoms with Crippen LogP contribution in [0.3, 0.4) is 0 Å². The molecule has 0 fully saturated rings. The fourth-order valence-electron chi connectivity index (χ4n) is 3.38. The van der Waals surface area contributed by atoms with Gasteiger partial charge in [0.1, 0.15) is 17.4 Å². The molecule has 0 unspecified atom stereocenters. The molecule has 4 aromatic rings. The number of para-hydroxylation sites is 1. The number of rotatable bonds is 4. The summed E-state index contributed by atoms with van der Waals surface area (Å²) in [4.78, 5) is 16.1. The Morgan fingerprint density at radius 3 is 2.66 bits per heavy atom. The number of nitrogens with zero attached hydrogens (tertiary/aromatic N) is 1. The number of nitrogens with one attached hydrogen (secondary N) is 2. The molecule has 29 heavy (non-hydrogen) atoms. The average molecular weight is 381 g/mol. The molecule has 0 radical (unpaired) electrons. The van der Waals surface area contributed by atoms with Gasteiger partial charge < -0.3 is 15.0 Å². The van der Waals surface area contributed by atoms with Crippen molar-refractivity contribution in [3.05, 3.63) is 77.4 Å². The van der Waals surface area contributed by atoms with E-state index in [0.717, 1.165) is 32.9 Å². The van der Waals surface area contributed by atoms with Gasteiger partial charge in [-0.15, -0.1) is 0 Å². The molecule has 0 saturated heterocycles. The lowest BCUT2D eigenvalue weighted by Gasteiger charge is -2.10. The zero-order chi connectivity index (χ0) is 20.4. The summed E-state index contributed by atoms with van der Waals surface area (Å²) in [6.45, 7) is 1.92. The summed E-state index contributed by atoms with van der Waals surface area (Å²) < 4.78 is 5.29. The largest absolute Gasteiger partial charge is 0.495 e. The van der Waals surface area contributed by atoms with E-state index in [1.54, 1.807) is 12.1 Å². The molecule has 0 spiro atoms. The zero-order valence-corrected chi connectivity index (χ0v) is 16.1. The number of hydrogen-bond acceptors (Lipinski definition) is 3. The average Bonchev–Trinajstić information content (AvgIpc) is 3.10. The Hall–Kier alpha value is -4.04. The molecule has 5 heteroatoms. The Kier molecular flexibility index (Phi) is 4.76. The number of hydrogen-bond donors (Lipinski definition) is 2. The van der Waals surface area contributed by atoms with Crippen LogP contribution in [0.1, 0.15) is 11.1 Å². The number of benzene rings is 3. The molecule has 142 valence electrons. The van der Waals surface area contributed by atoms with Crippen molar-refractivity contribution in [1.29, 1.82) is 5.26 Å². The molecule has 5 nitrogen and oxygen atoms in total. The Morgan fingerprint density at radius 1 is 1.07 bits per heavy atom. The van der Waals surface area contributed by atoms with Crippen LogP contribution >= 0.6 is 0 Å². The van der Waals surface area contributed by atoms with Crippen LogP contribution in [0.2, 0.25) is 0 Å². The zero-order valence-electron chi connectivity index (χ0n) is 16.1. The van der Waals surface area contributed by atoms with Crippen molar-refractivity contribution in [2.24, 2.45) is 0 Å². The van der Waals surface area contributed by atoms with Gasteiger partial charge in [-0.25, -0.2) is 0 Å². The first-order chi connectivity index (χ1) is 14.1. The Bertz CT molecular complexity index is 1310. The fourth-order valence-corrected chi connectivity index (χ4v) is 3.38. The van der Waals surface area contributed by atoms with Gasteiger partial charge in [-0.2, -0.15) is 5.26 Å². The maximum Gasteiger partial charge on any atom is 0.266 e. The number of carbonyl (C=O) groups is 1. The summed E-state index contributed by atoms with van der Waals surface area (Å²) >= 11 is 0. The molecule has 2 N–H and O–H groups in total. The minimum Gasteiger partial charge on any atom is -0.495 e. The van der Waals surface area contributed by atoms with Gasteiger partial charge in [0.05, 0.1) is 12.8 Å². The molecule has 3 aromatic carbocycles. The standard InChI is InChI=1S/C24H19N3O2/c1-15-7-10-23(29-2)22(11-15)27-24(28)17(14-25)12-16-8-9-21-19(13-16)18-5-3-4-6-20(18)26-21/h3-13,26H,1-2H3,(H,27,28)/b17-12+. The summed E-state index contributed by atoms with van der Waals surface area (Å²) in [6, 6.07) is 21.3.